The van der Waals surface area contributed by atoms with E-state index >= 15 is 0 Å². The molecule has 200 valence electrons. The van der Waals surface area contributed by atoms with Gasteiger partial charge in [-0.3, -0.25) is 14.4 Å². The lowest BCUT2D eigenvalue weighted by atomic mass is 9.99. The predicted molar refractivity (Wildman–Crippen MR) is 153 cm³/mol. The minimum Gasteiger partial charge on any atom is -0.475 e. The van der Waals surface area contributed by atoms with E-state index in [-0.39, 0.29) is 11.3 Å². The summed E-state index contributed by atoms with van der Waals surface area (Å²) in [5.74, 6) is -2.86. The Morgan fingerprint density at radius 2 is 1.65 bits per heavy atom. The Morgan fingerprint density at radius 1 is 0.950 bits per heavy atom. The average molecular weight is 573 g/mol. The number of benzene rings is 2. The van der Waals surface area contributed by atoms with Crippen molar-refractivity contribution in [1.82, 2.24) is 14.3 Å². The minimum absolute atomic E-state index is 0.119. The molecule has 2 aromatic carbocycles. The molecule has 11 heteroatoms. The van der Waals surface area contributed by atoms with Crippen LogP contribution in [0.1, 0.15) is 15.2 Å². The number of carbonyl (C=O) groups is 3. The molecule has 0 fully saturated rings. The van der Waals surface area contributed by atoms with E-state index in [4.69, 9.17) is 16.7 Å². The second-order valence-electron chi connectivity index (χ2n) is 8.69. The molecule has 2 N–H and O–H groups in total. The monoisotopic (exact) mass is 572 g/mol. The molecule has 0 saturated carbocycles. The third kappa shape index (κ3) is 5.63. The molecule has 0 aliphatic rings. The van der Waals surface area contributed by atoms with Gasteiger partial charge in [0.15, 0.2) is 0 Å². The number of anilines is 1. The Morgan fingerprint density at radius 3 is 2.30 bits per heavy atom. The Kier molecular flexibility index (Phi) is 7.72. The van der Waals surface area contributed by atoms with Crippen LogP contribution in [0.4, 0.5) is 5.82 Å². The van der Waals surface area contributed by atoms with Gasteiger partial charge in [-0.05, 0) is 41.5 Å². The number of aromatic nitrogens is 3. The Balaban J connectivity index is 1.66. The number of nitrogens with zero attached hydrogens (tertiary/aromatic N) is 3. The van der Waals surface area contributed by atoms with E-state index in [1.807, 2.05) is 36.4 Å². The topological polar surface area (TPSA) is 123 Å². The normalized spacial score (nSPS) is 10.8. The van der Waals surface area contributed by atoms with Gasteiger partial charge in [0.1, 0.15) is 11.5 Å². The fraction of sp³-hybridized carbons (Fsp3) is 0.0690. The summed E-state index contributed by atoms with van der Waals surface area (Å²) in [6.07, 6.45) is 1.38. The third-order valence-electron chi connectivity index (χ3n) is 6.05. The largest absolute Gasteiger partial charge is 0.475 e. The number of pyridine rings is 1. The fourth-order valence-corrected chi connectivity index (χ4v) is 5.17. The molecule has 0 aliphatic carbocycles. The SMILES string of the molecule is O=C(O)C(=O)Cn1ccc(-c2ccccc2)c(-c2cc(NCc3ccc(Cl)s3)n(C(=O)c3ccccc3)n2)c1=O. The highest BCUT2D eigenvalue weighted by Crippen LogP contribution is 2.31. The number of carboxylic acid groups (broad SMARTS) is 1. The van der Waals surface area contributed by atoms with Crippen molar-refractivity contribution in [2.75, 3.05) is 5.32 Å². The van der Waals surface area contributed by atoms with Gasteiger partial charge >= 0.3 is 5.97 Å². The van der Waals surface area contributed by atoms with Crippen LogP contribution >= 0.6 is 22.9 Å². The van der Waals surface area contributed by atoms with Crippen molar-refractivity contribution in [2.24, 2.45) is 0 Å². The highest BCUT2D eigenvalue weighted by atomic mass is 35.5. The summed E-state index contributed by atoms with van der Waals surface area (Å²) in [6.45, 7) is -0.299. The number of halogens is 1. The summed E-state index contributed by atoms with van der Waals surface area (Å²) in [5.41, 5.74) is 1.28. The van der Waals surface area contributed by atoms with Crippen molar-refractivity contribution in [1.29, 1.82) is 0 Å². The third-order valence-corrected chi connectivity index (χ3v) is 7.28. The van der Waals surface area contributed by atoms with E-state index in [0.717, 1.165) is 9.44 Å². The van der Waals surface area contributed by atoms with E-state index < -0.39 is 29.8 Å². The molecule has 0 amide bonds. The molecule has 0 radical (unpaired) electrons. The second-order valence-corrected chi connectivity index (χ2v) is 10.5. The standard InChI is InChI=1S/C29H21ClN4O5S/c30-24-12-11-20(40-24)16-31-25-15-22(32-34(25)27(36)19-9-5-2-6-10-19)26-21(18-7-3-1-4-8-18)13-14-33(28(26)37)17-23(35)29(38)39/h1-15,31H,16-17H2,(H,38,39). The first kappa shape index (κ1) is 26.8. The number of carbonyl (C=O) groups excluding carboxylic acids is 2. The highest BCUT2D eigenvalue weighted by Gasteiger charge is 2.23. The summed E-state index contributed by atoms with van der Waals surface area (Å²) in [7, 11) is 0. The molecular formula is C29H21ClN4O5S. The molecule has 0 unspecified atom stereocenters. The van der Waals surface area contributed by atoms with E-state index in [9.17, 15) is 19.2 Å². The number of carboxylic acids is 1. The van der Waals surface area contributed by atoms with Gasteiger partial charge in [0.25, 0.3) is 17.2 Å². The van der Waals surface area contributed by atoms with Crippen LogP contribution < -0.4 is 10.9 Å². The molecule has 5 rings (SSSR count). The summed E-state index contributed by atoms with van der Waals surface area (Å²) < 4.78 is 2.84. The first-order chi connectivity index (χ1) is 19.3. The Hall–Kier alpha value is -4.80. The molecule has 3 heterocycles. The van der Waals surface area contributed by atoms with Crippen LogP contribution in [-0.4, -0.2) is 37.1 Å². The van der Waals surface area contributed by atoms with Crippen molar-refractivity contribution >= 4 is 46.4 Å². The first-order valence-corrected chi connectivity index (χ1v) is 13.2. The molecule has 5 aromatic rings. The highest BCUT2D eigenvalue weighted by molar-refractivity contribution is 7.16. The van der Waals surface area contributed by atoms with E-state index in [0.29, 0.717) is 33.4 Å². The van der Waals surface area contributed by atoms with Crippen molar-refractivity contribution in [3.05, 3.63) is 116 Å². The van der Waals surface area contributed by atoms with Crippen LogP contribution in [0.15, 0.2) is 95.9 Å². The molecule has 3 aromatic heterocycles. The molecule has 0 saturated heterocycles. The molecule has 0 spiro atoms. The van der Waals surface area contributed by atoms with Gasteiger partial charge in [-0.2, -0.15) is 9.78 Å². The molecule has 0 bridgehead atoms. The molecular weight excluding hydrogens is 552 g/mol. The zero-order chi connectivity index (χ0) is 28.2. The fourth-order valence-electron chi connectivity index (χ4n) is 4.14. The van der Waals surface area contributed by atoms with E-state index in [1.54, 1.807) is 48.5 Å². The van der Waals surface area contributed by atoms with Gasteiger partial charge in [-0.1, -0.05) is 60.1 Å². The predicted octanol–water partition coefficient (Wildman–Crippen LogP) is 5.05. The molecule has 0 atom stereocenters. The zero-order valence-corrected chi connectivity index (χ0v) is 22.4. The maximum absolute atomic E-state index is 13.7. The molecule has 40 heavy (non-hydrogen) atoms. The van der Waals surface area contributed by atoms with Crippen molar-refractivity contribution in [3.8, 4) is 22.4 Å². The van der Waals surface area contributed by atoms with Crippen LogP contribution in [0, 0.1) is 0 Å². The first-order valence-electron chi connectivity index (χ1n) is 12.0. The van der Waals surface area contributed by atoms with Crippen LogP contribution in [0.2, 0.25) is 4.34 Å². The van der Waals surface area contributed by atoms with Crippen molar-refractivity contribution in [3.63, 3.8) is 0 Å². The number of rotatable bonds is 9. The van der Waals surface area contributed by atoms with Gasteiger partial charge in [0.05, 0.1) is 23.0 Å². The minimum atomic E-state index is -1.64. The van der Waals surface area contributed by atoms with Crippen LogP contribution in [0.3, 0.4) is 0 Å². The summed E-state index contributed by atoms with van der Waals surface area (Å²) in [5, 5.41) is 16.8. The number of aliphatic carboxylic acids is 1. The van der Waals surface area contributed by atoms with E-state index in [2.05, 4.69) is 10.4 Å². The van der Waals surface area contributed by atoms with Gasteiger partial charge in [-0.15, -0.1) is 11.3 Å². The summed E-state index contributed by atoms with van der Waals surface area (Å²) in [6, 6.07) is 24.5. The van der Waals surface area contributed by atoms with Gasteiger partial charge in [0, 0.05) is 22.7 Å². The lowest BCUT2D eigenvalue weighted by molar-refractivity contribution is -0.149. The maximum atomic E-state index is 13.7. The average Bonchev–Trinajstić information content (AvgIpc) is 3.59. The number of nitrogens with one attached hydrogen (secondary N) is 1. The van der Waals surface area contributed by atoms with Gasteiger partial charge in [-0.25, -0.2) is 4.79 Å². The maximum Gasteiger partial charge on any atom is 0.374 e. The Labute approximate surface area is 236 Å². The second kappa shape index (κ2) is 11.5. The van der Waals surface area contributed by atoms with Gasteiger partial charge in [0.2, 0.25) is 0 Å². The molecule has 0 aliphatic heterocycles. The van der Waals surface area contributed by atoms with Crippen LogP contribution in [0.5, 0.6) is 0 Å². The van der Waals surface area contributed by atoms with E-state index in [1.165, 1.54) is 22.2 Å². The number of hydrogen-bond donors (Lipinski definition) is 2. The van der Waals surface area contributed by atoms with Crippen LogP contribution in [-0.2, 0) is 22.7 Å². The quantitative estimate of drug-likeness (QED) is 0.237. The van der Waals surface area contributed by atoms with Crippen molar-refractivity contribution in [2.45, 2.75) is 13.1 Å². The van der Waals surface area contributed by atoms with Crippen LogP contribution in [0.25, 0.3) is 22.4 Å². The smallest absolute Gasteiger partial charge is 0.374 e. The summed E-state index contributed by atoms with van der Waals surface area (Å²) in [4.78, 5) is 51.3. The Bertz CT molecular complexity index is 1780. The zero-order valence-electron chi connectivity index (χ0n) is 20.8. The molecule has 9 nitrogen and oxygen atoms in total. The lowest BCUT2D eigenvalue weighted by Crippen LogP contribution is -2.28. The number of ketones is 1. The lowest BCUT2D eigenvalue weighted by Gasteiger charge is -2.11. The number of hydrogen-bond acceptors (Lipinski definition) is 7. The van der Waals surface area contributed by atoms with Gasteiger partial charge < -0.3 is 15.0 Å². The van der Waals surface area contributed by atoms with Crippen molar-refractivity contribution < 1.29 is 19.5 Å². The number of thiophene rings is 1. The summed E-state index contributed by atoms with van der Waals surface area (Å²) >= 11 is 7.46. The number of Topliss-reactive ketones (excluding diaryl/α,β-unsaturated/α-hetero) is 1.